The number of aromatic carboxylic acids is 1. The van der Waals surface area contributed by atoms with Crippen LogP contribution < -0.4 is 14.2 Å². The third-order valence-electron chi connectivity index (χ3n) is 6.79. The van der Waals surface area contributed by atoms with Crippen LogP contribution in [0.5, 0.6) is 17.2 Å². The normalized spacial score (nSPS) is 11.2. The summed E-state index contributed by atoms with van der Waals surface area (Å²) in [5, 5.41) is 9.99. The number of nitrogens with zero attached hydrogens (tertiary/aromatic N) is 3. The number of aromatic nitrogens is 3. The van der Waals surface area contributed by atoms with Crippen molar-refractivity contribution >= 4 is 49.0 Å². The molecular weight excluding hydrogens is 642 g/mol. The molecular formula is C30H33Br2N3O5. The summed E-state index contributed by atoms with van der Waals surface area (Å²) in [5.41, 5.74) is 6.60. The minimum Gasteiger partial charge on any atom is -0.492 e. The van der Waals surface area contributed by atoms with E-state index in [2.05, 4.69) is 69.3 Å². The Hall–Kier alpha value is -3.11. The van der Waals surface area contributed by atoms with Crippen LogP contribution in [0.25, 0.3) is 11.2 Å². The van der Waals surface area contributed by atoms with Gasteiger partial charge in [0.15, 0.2) is 17.1 Å². The lowest BCUT2D eigenvalue weighted by atomic mass is 10.0. The molecule has 0 aliphatic carbocycles. The summed E-state index contributed by atoms with van der Waals surface area (Å²) in [6.45, 7) is 8.97. The van der Waals surface area contributed by atoms with Gasteiger partial charge >= 0.3 is 5.97 Å². The van der Waals surface area contributed by atoms with E-state index in [1.54, 1.807) is 0 Å². The standard InChI is InChI=1S/C30H33Br2N3O5/c1-7-9-19-13-18(14-35-22(8-2)34-26-16(3)12-17(4)33-29(26)35)10-11-21(19)40-15-20-23(30(36)37)25(32)28(39-6)27(38-5)24(20)31/h10-13H,7-9,14-15H2,1-6H3,(H,36,37). The number of carboxylic acid groups (broad SMARTS) is 1. The van der Waals surface area contributed by atoms with Crippen molar-refractivity contribution in [3.63, 3.8) is 0 Å². The fourth-order valence-corrected chi connectivity index (χ4v) is 6.37. The zero-order valence-electron chi connectivity index (χ0n) is 23.5. The van der Waals surface area contributed by atoms with Crippen molar-refractivity contribution in [2.75, 3.05) is 14.2 Å². The average molecular weight is 675 g/mol. The van der Waals surface area contributed by atoms with Crippen LogP contribution in [-0.2, 0) is 26.0 Å². The van der Waals surface area contributed by atoms with Gasteiger partial charge in [0.1, 0.15) is 23.7 Å². The number of methoxy groups -OCH3 is 2. The molecule has 0 saturated heterocycles. The number of hydrogen-bond acceptors (Lipinski definition) is 6. The van der Waals surface area contributed by atoms with E-state index in [0.717, 1.165) is 58.6 Å². The number of hydrogen-bond donors (Lipinski definition) is 1. The lowest BCUT2D eigenvalue weighted by molar-refractivity contribution is 0.0692. The third kappa shape index (κ3) is 5.69. The van der Waals surface area contributed by atoms with Gasteiger partial charge in [-0.1, -0.05) is 32.4 Å². The van der Waals surface area contributed by atoms with E-state index in [1.165, 1.54) is 14.2 Å². The van der Waals surface area contributed by atoms with E-state index >= 15 is 0 Å². The number of ether oxygens (including phenoxy) is 3. The number of carboxylic acids is 1. The van der Waals surface area contributed by atoms with E-state index in [1.807, 2.05) is 19.1 Å². The van der Waals surface area contributed by atoms with Gasteiger partial charge in [0, 0.05) is 17.7 Å². The smallest absolute Gasteiger partial charge is 0.337 e. The summed E-state index contributed by atoms with van der Waals surface area (Å²) in [5.74, 6) is 1.29. The highest BCUT2D eigenvalue weighted by atomic mass is 79.9. The van der Waals surface area contributed by atoms with Crippen LogP contribution in [-0.4, -0.2) is 39.8 Å². The molecule has 2 aromatic heterocycles. The van der Waals surface area contributed by atoms with E-state index in [9.17, 15) is 9.90 Å². The molecule has 2 heterocycles. The summed E-state index contributed by atoms with van der Waals surface area (Å²) < 4.78 is 20.1. The van der Waals surface area contributed by atoms with Crippen LogP contribution >= 0.6 is 31.9 Å². The monoisotopic (exact) mass is 673 g/mol. The minimum atomic E-state index is -1.10. The van der Waals surface area contributed by atoms with Gasteiger partial charge < -0.3 is 23.9 Å². The SMILES string of the molecule is CCCc1cc(Cn2c(CC)nc3c(C)cc(C)nc32)ccc1OCc1c(Br)c(OC)c(OC)c(Br)c1C(=O)O. The van der Waals surface area contributed by atoms with Crippen molar-refractivity contribution < 1.29 is 24.1 Å². The Balaban J connectivity index is 1.70. The molecule has 0 spiro atoms. The van der Waals surface area contributed by atoms with Crippen molar-refractivity contribution in [2.24, 2.45) is 0 Å². The summed E-state index contributed by atoms with van der Waals surface area (Å²) in [6, 6.07) is 8.22. The quantitative estimate of drug-likeness (QED) is 0.177. The van der Waals surface area contributed by atoms with Gasteiger partial charge in [-0.3, -0.25) is 0 Å². The Morgan fingerprint density at radius 3 is 2.35 bits per heavy atom. The number of halogens is 2. The van der Waals surface area contributed by atoms with E-state index < -0.39 is 5.97 Å². The number of carbonyl (C=O) groups is 1. The van der Waals surface area contributed by atoms with Crippen molar-refractivity contribution in [2.45, 2.75) is 60.1 Å². The lowest BCUT2D eigenvalue weighted by Gasteiger charge is -2.20. The molecule has 4 rings (SSSR count). The maximum Gasteiger partial charge on any atom is 0.337 e. The number of benzene rings is 2. The molecule has 0 saturated carbocycles. The molecule has 1 N–H and O–H groups in total. The molecule has 8 nitrogen and oxygen atoms in total. The maximum atomic E-state index is 12.2. The van der Waals surface area contributed by atoms with Gasteiger partial charge in [-0.2, -0.15) is 0 Å². The van der Waals surface area contributed by atoms with Crippen LogP contribution in [0.1, 0.15) is 64.4 Å². The molecule has 0 atom stereocenters. The van der Waals surface area contributed by atoms with E-state index in [0.29, 0.717) is 38.3 Å². The van der Waals surface area contributed by atoms with Gasteiger partial charge in [-0.05, 0) is 81.0 Å². The second-order valence-electron chi connectivity index (χ2n) is 9.55. The Morgan fingerprint density at radius 1 is 1.02 bits per heavy atom. The Kier molecular flexibility index (Phi) is 9.41. The predicted molar refractivity (Wildman–Crippen MR) is 162 cm³/mol. The zero-order valence-corrected chi connectivity index (χ0v) is 26.7. The number of imidazole rings is 1. The maximum absolute atomic E-state index is 12.2. The Labute approximate surface area is 250 Å². The molecule has 0 aliphatic rings. The number of rotatable bonds is 11. The summed E-state index contributed by atoms with van der Waals surface area (Å²) in [4.78, 5) is 21.9. The Bertz CT molecular complexity index is 1580. The lowest BCUT2D eigenvalue weighted by Crippen LogP contribution is -2.11. The second kappa shape index (κ2) is 12.6. The fourth-order valence-electron chi connectivity index (χ4n) is 4.97. The van der Waals surface area contributed by atoms with Crippen LogP contribution in [0.15, 0.2) is 33.2 Å². The first-order chi connectivity index (χ1) is 19.1. The molecule has 0 unspecified atom stereocenters. The third-order valence-corrected chi connectivity index (χ3v) is 8.38. The molecule has 212 valence electrons. The molecule has 0 aliphatic heterocycles. The number of fused-ring (bicyclic) bond motifs is 1. The van der Waals surface area contributed by atoms with Gasteiger partial charge in [-0.15, -0.1) is 0 Å². The van der Waals surface area contributed by atoms with E-state index in [-0.39, 0.29) is 12.2 Å². The molecule has 0 bridgehead atoms. The molecule has 40 heavy (non-hydrogen) atoms. The zero-order chi connectivity index (χ0) is 29.1. The molecule has 0 amide bonds. The Morgan fingerprint density at radius 2 is 1.73 bits per heavy atom. The van der Waals surface area contributed by atoms with Gasteiger partial charge in [-0.25, -0.2) is 14.8 Å². The van der Waals surface area contributed by atoms with Crippen LogP contribution in [0.2, 0.25) is 0 Å². The molecule has 2 aromatic carbocycles. The molecule has 4 aromatic rings. The largest absolute Gasteiger partial charge is 0.492 e. The highest BCUT2D eigenvalue weighted by Crippen LogP contribution is 2.46. The van der Waals surface area contributed by atoms with Crippen molar-refractivity contribution in [3.05, 3.63) is 72.5 Å². The first-order valence-corrected chi connectivity index (χ1v) is 14.7. The molecule has 0 radical (unpaired) electrons. The first-order valence-electron chi connectivity index (χ1n) is 13.1. The topological polar surface area (TPSA) is 95.7 Å². The van der Waals surface area contributed by atoms with Crippen molar-refractivity contribution in [1.82, 2.24) is 14.5 Å². The highest BCUT2D eigenvalue weighted by molar-refractivity contribution is 9.11. The van der Waals surface area contributed by atoms with Crippen molar-refractivity contribution in [1.29, 1.82) is 0 Å². The molecule has 10 heteroatoms. The van der Waals surface area contributed by atoms with Gasteiger partial charge in [0.2, 0.25) is 0 Å². The summed E-state index contributed by atoms with van der Waals surface area (Å²) in [7, 11) is 2.97. The van der Waals surface area contributed by atoms with E-state index in [4.69, 9.17) is 24.2 Å². The predicted octanol–water partition coefficient (Wildman–Crippen LogP) is 7.43. The molecule has 0 fully saturated rings. The van der Waals surface area contributed by atoms with Crippen LogP contribution in [0.3, 0.4) is 0 Å². The highest BCUT2D eigenvalue weighted by Gasteiger charge is 2.27. The summed E-state index contributed by atoms with van der Waals surface area (Å²) >= 11 is 6.90. The van der Waals surface area contributed by atoms with Crippen LogP contribution in [0, 0.1) is 13.8 Å². The van der Waals surface area contributed by atoms with Gasteiger partial charge in [0.05, 0.1) is 35.3 Å². The van der Waals surface area contributed by atoms with Crippen molar-refractivity contribution in [3.8, 4) is 17.2 Å². The fraction of sp³-hybridized carbons (Fsp3) is 0.367. The second-order valence-corrected chi connectivity index (χ2v) is 11.1. The average Bonchev–Trinajstić information content (AvgIpc) is 3.26. The minimum absolute atomic E-state index is 0.0197. The summed E-state index contributed by atoms with van der Waals surface area (Å²) in [6.07, 6.45) is 2.55. The first kappa shape index (κ1) is 29.9. The van der Waals surface area contributed by atoms with Gasteiger partial charge in [0.25, 0.3) is 0 Å². The number of aryl methyl sites for hydroxylation is 4. The van der Waals surface area contributed by atoms with Crippen LogP contribution in [0.4, 0.5) is 0 Å². The number of pyridine rings is 1.